The lowest BCUT2D eigenvalue weighted by molar-refractivity contribution is 0.795. The number of benzene rings is 4. The minimum Gasteiger partial charge on any atom is -0.321 e. The molecule has 0 saturated heterocycles. The van der Waals surface area contributed by atoms with Gasteiger partial charge in [-0.05, 0) is 21.6 Å². The molecule has 186 valence electrons. The quantitative estimate of drug-likeness (QED) is 0.194. The minimum absolute atomic E-state index is 0.929. The van der Waals surface area contributed by atoms with Crippen LogP contribution >= 0.6 is 21.6 Å². The molecule has 0 aliphatic heterocycles. The van der Waals surface area contributed by atoms with E-state index in [-0.39, 0.29) is 0 Å². The summed E-state index contributed by atoms with van der Waals surface area (Å²) >= 11 is 0. The van der Waals surface area contributed by atoms with Crippen molar-refractivity contribution >= 4 is 21.6 Å². The van der Waals surface area contributed by atoms with Crippen LogP contribution < -0.4 is 0 Å². The van der Waals surface area contributed by atoms with Crippen LogP contribution in [0, 0.1) is 0 Å². The van der Waals surface area contributed by atoms with E-state index in [4.69, 9.17) is 9.97 Å². The third-order valence-electron chi connectivity index (χ3n) is 6.49. The molecule has 0 aliphatic carbocycles. The molecule has 6 rings (SSSR count). The second kappa shape index (κ2) is 10.8. The van der Waals surface area contributed by atoms with Crippen LogP contribution in [0.1, 0.15) is 0 Å². The first-order chi connectivity index (χ1) is 18.7. The third kappa shape index (κ3) is 4.69. The minimum atomic E-state index is 0.929. The van der Waals surface area contributed by atoms with Gasteiger partial charge < -0.3 is 9.13 Å². The molecule has 0 saturated carbocycles. The van der Waals surface area contributed by atoms with E-state index in [0.717, 1.165) is 55.3 Å². The molecule has 0 fully saturated rings. The van der Waals surface area contributed by atoms with Crippen LogP contribution in [0.15, 0.2) is 132 Å². The maximum Gasteiger partial charge on any atom is 0.180 e. The van der Waals surface area contributed by atoms with Gasteiger partial charge in [0.25, 0.3) is 0 Å². The van der Waals surface area contributed by atoms with Gasteiger partial charge >= 0.3 is 0 Å². The molecular weight excluding hydrogens is 505 g/mol. The van der Waals surface area contributed by atoms with E-state index >= 15 is 0 Å². The van der Waals surface area contributed by atoms with E-state index in [1.54, 1.807) is 21.6 Å². The highest BCUT2D eigenvalue weighted by Gasteiger charge is 2.22. The van der Waals surface area contributed by atoms with Crippen LogP contribution in [0.2, 0.25) is 0 Å². The van der Waals surface area contributed by atoms with Crippen LogP contribution in [0.5, 0.6) is 0 Å². The van der Waals surface area contributed by atoms with Crippen molar-refractivity contribution in [1.29, 1.82) is 0 Å². The predicted molar refractivity (Wildman–Crippen MR) is 160 cm³/mol. The molecule has 4 nitrogen and oxygen atoms in total. The Hall–Kier alpha value is -4.00. The lowest BCUT2D eigenvalue weighted by atomic mass is 10.1. The molecule has 2 heterocycles. The Labute approximate surface area is 230 Å². The molecule has 0 atom stereocenters. The van der Waals surface area contributed by atoms with Crippen molar-refractivity contribution < 1.29 is 0 Å². The highest BCUT2D eigenvalue weighted by molar-refractivity contribution is 8.76. The van der Waals surface area contributed by atoms with Crippen molar-refractivity contribution in [1.82, 2.24) is 19.1 Å². The predicted octanol–water partition coefficient (Wildman–Crippen LogP) is 8.62. The number of rotatable bonds is 7. The zero-order valence-electron chi connectivity index (χ0n) is 21.2. The Morgan fingerprint density at radius 2 is 0.711 bits per heavy atom. The van der Waals surface area contributed by atoms with E-state index < -0.39 is 0 Å². The summed E-state index contributed by atoms with van der Waals surface area (Å²) in [5, 5.41) is 1.86. The maximum atomic E-state index is 5.11. The number of hydrogen-bond donors (Lipinski definition) is 0. The molecule has 0 amide bonds. The SMILES string of the molecule is Cn1c(SSc2nc(-c3ccccc3)c(-c3ccccc3)n2C)nc(-c2ccccc2)c1-c1ccccc1. The summed E-state index contributed by atoms with van der Waals surface area (Å²) in [5.74, 6) is 0. The van der Waals surface area contributed by atoms with E-state index in [0.29, 0.717) is 0 Å². The van der Waals surface area contributed by atoms with Gasteiger partial charge in [-0.1, -0.05) is 121 Å². The molecule has 0 spiro atoms. The van der Waals surface area contributed by atoms with Gasteiger partial charge in [-0.3, -0.25) is 0 Å². The average molecular weight is 531 g/mol. The summed E-state index contributed by atoms with van der Waals surface area (Å²) in [7, 11) is 7.45. The molecule has 0 aliphatic rings. The molecule has 0 unspecified atom stereocenters. The van der Waals surface area contributed by atoms with Crippen molar-refractivity contribution in [3.05, 3.63) is 121 Å². The van der Waals surface area contributed by atoms with Crippen LogP contribution in [0.3, 0.4) is 0 Å². The van der Waals surface area contributed by atoms with Crippen molar-refractivity contribution in [2.75, 3.05) is 0 Å². The van der Waals surface area contributed by atoms with Gasteiger partial charge in [-0.25, -0.2) is 9.97 Å². The lowest BCUT2D eigenvalue weighted by Crippen LogP contribution is -1.95. The third-order valence-corrected chi connectivity index (χ3v) is 8.74. The Balaban J connectivity index is 1.40. The highest BCUT2D eigenvalue weighted by atomic mass is 33.1. The van der Waals surface area contributed by atoms with Gasteiger partial charge in [0.2, 0.25) is 0 Å². The van der Waals surface area contributed by atoms with Gasteiger partial charge in [0.05, 0.1) is 22.8 Å². The fourth-order valence-electron chi connectivity index (χ4n) is 4.63. The molecule has 0 radical (unpaired) electrons. The number of aromatic nitrogens is 4. The number of imidazole rings is 2. The fraction of sp³-hybridized carbons (Fsp3) is 0.0625. The van der Waals surface area contributed by atoms with Gasteiger partial charge in [-0.15, -0.1) is 0 Å². The largest absolute Gasteiger partial charge is 0.321 e. The summed E-state index contributed by atoms with van der Waals surface area (Å²) < 4.78 is 4.38. The summed E-state index contributed by atoms with van der Waals surface area (Å²) in [6.45, 7) is 0. The monoisotopic (exact) mass is 530 g/mol. The molecule has 0 bridgehead atoms. The normalized spacial score (nSPS) is 11.1. The molecule has 38 heavy (non-hydrogen) atoms. The molecule has 4 aromatic carbocycles. The maximum absolute atomic E-state index is 5.11. The van der Waals surface area contributed by atoms with E-state index in [1.807, 2.05) is 24.3 Å². The lowest BCUT2D eigenvalue weighted by Gasteiger charge is -2.08. The second-order valence-corrected chi connectivity index (χ2v) is 11.0. The van der Waals surface area contributed by atoms with Crippen molar-refractivity contribution in [3.8, 4) is 45.0 Å². The Kier molecular flexibility index (Phi) is 6.90. The van der Waals surface area contributed by atoms with E-state index in [9.17, 15) is 0 Å². The van der Waals surface area contributed by atoms with Crippen LogP contribution in [-0.2, 0) is 14.1 Å². The van der Waals surface area contributed by atoms with E-state index in [2.05, 4.69) is 120 Å². The first-order valence-electron chi connectivity index (χ1n) is 12.4. The first-order valence-corrected chi connectivity index (χ1v) is 14.6. The molecule has 0 N–H and O–H groups in total. The second-order valence-electron chi connectivity index (χ2n) is 8.93. The Bertz CT molecular complexity index is 1530. The van der Waals surface area contributed by atoms with E-state index in [1.165, 1.54) is 0 Å². The molecule has 6 heteroatoms. The summed E-state index contributed by atoms with van der Waals surface area (Å²) in [5.41, 5.74) is 8.68. The van der Waals surface area contributed by atoms with Gasteiger partial charge in [0.15, 0.2) is 10.3 Å². The van der Waals surface area contributed by atoms with Crippen LogP contribution in [-0.4, -0.2) is 19.1 Å². The van der Waals surface area contributed by atoms with Crippen LogP contribution in [0.4, 0.5) is 0 Å². The molecule has 6 aromatic rings. The van der Waals surface area contributed by atoms with Crippen molar-refractivity contribution in [3.63, 3.8) is 0 Å². The van der Waals surface area contributed by atoms with Crippen molar-refractivity contribution in [2.45, 2.75) is 10.3 Å². The van der Waals surface area contributed by atoms with Gasteiger partial charge in [-0.2, -0.15) is 0 Å². The summed E-state index contributed by atoms with van der Waals surface area (Å²) in [4.78, 5) is 10.2. The Morgan fingerprint density at radius 3 is 1.03 bits per heavy atom. The smallest absolute Gasteiger partial charge is 0.180 e. The summed E-state index contributed by atoms with van der Waals surface area (Å²) in [6, 6.07) is 41.7. The standard InChI is InChI=1S/C32H26N4S2/c1-35-29(25-19-11-5-12-20-25)27(23-15-7-3-8-16-23)33-31(35)37-38-32-34-28(24-17-9-4-10-18-24)30(36(32)2)26-21-13-6-14-22-26/h3-22H,1-2H3. The van der Waals surface area contributed by atoms with Gasteiger partial charge in [0, 0.05) is 36.3 Å². The zero-order chi connectivity index (χ0) is 25.9. The molecular formula is C32H26N4S2. The highest BCUT2D eigenvalue weighted by Crippen LogP contribution is 2.43. The Morgan fingerprint density at radius 1 is 0.421 bits per heavy atom. The average Bonchev–Trinajstić information content (AvgIpc) is 3.49. The van der Waals surface area contributed by atoms with Crippen LogP contribution in [0.25, 0.3) is 45.0 Å². The fourth-order valence-corrected chi connectivity index (χ4v) is 6.78. The molecule has 2 aromatic heterocycles. The first kappa shape index (κ1) is 24.3. The zero-order valence-corrected chi connectivity index (χ0v) is 22.8. The number of nitrogens with zero attached hydrogens (tertiary/aromatic N) is 4. The topological polar surface area (TPSA) is 35.6 Å². The van der Waals surface area contributed by atoms with Crippen molar-refractivity contribution in [2.24, 2.45) is 14.1 Å². The van der Waals surface area contributed by atoms with Gasteiger partial charge in [0.1, 0.15) is 0 Å². The number of hydrogen-bond acceptors (Lipinski definition) is 4. The summed E-state index contributed by atoms with van der Waals surface area (Å²) in [6.07, 6.45) is 0.